The van der Waals surface area contributed by atoms with Gasteiger partial charge in [0.15, 0.2) is 12.2 Å². The Morgan fingerprint density at radius 1 is 1.20 bits per heavy atom. The smallest absolute Gasteiger partial charge is 0.228 e. The summed E-state index contributed by atoms with van der Waals surface area (Å²) in [4.78, 5) is 19.1. The molecule has 2 aromatic rings. The predicted octanol–water partition coefficient (Wildman–Crippen LogP) is 3.93. The average molecular weight is 339 g/mol. The highest BCUT2D eigenvalue weighted by atomic mass is 16.3. The van der Waals surface area contributed by atoms with E-state index in [1.807, 2.05) is 24.3 Å². The minimum atomic E-state index is 0.0934. The van der Waals surface area contributed by atoms with E-state index in [2.05, 4.69) is 15.2 Å². The van der Waals surface area contributed by atoms with Crippen LogP contribution in [0.3, 0.4) is 0 Å². The first-order chi connectivity index (χ1) is 12.3. The molecule has 1 aliphatic carbocycles. The van der Waals surface area contributed by atoms with Gasteiger partial charge in [0.1, 0.15) is 0 Å². The van der Waals surface area contributed by atoms with Crippen LogP contribution < -0.4 is 5.32 Å². The molecule has 1 N–H and O–H groups in total. The van der Waals surface area contributed by atoms with Gasteiger partial charge in [0.2, 0.25) is 5.91 Å². The fourth-order valence-corrected chi connectivity index (χ4v) is 4.13. The molecule has 1 aliphatic heterocycles. The zero-order valence-corrected chi connectivity index (χ0v) is 14.5. The molecule has 1 saturated heterocycles. The summed E-state index contributed by atoms with van der Waals surface area (Å²) in [6.45, 7) is 1.96. The number of hydrogen-bond acceptors (Lipinski definition) is 4. The third-order valence-corrected chi connectivity index (χ3v) is 5.53. The van der Waals surface area contributed by atoms with E-state index in [0.29, 0.717) is 11.8 Å². The van der Waals surface area contributed by atoms with E-state index in [0.717, 1.165) is 30.8 Å². The topological polar surface area (TPSA) is 58.4 Å². The molecule has 132 valence electrons. The zero-order chi connectivity index (χ0) is 17.1. The van der Waals surface area contributed by atoms with Crippen LogP contribution in [-0.4, -0.2) is 34.9 Å². The van der Waals surface area contributed by atoms with E-state index >= 15 is 0 Å². The van der Waals surface area contributed by atoms with Crippen LogP contribution in [0.4, 0.5) is 5.69 Å². The van der Waals surface area contributed by atoms with Crippen molar-refractivity contribution in [2.75, 3.05) is 18.4 Å². The molecule has 5 heteroatoms. The Bertz CT molecular complexity index is 707. The monoisotopic (exact) mass is 339 g/mol. The van der Waals surface area contributed by atoms with Gasteiger partial charge in [0, 0.05) is 23.8 Å². The number of carbonyl (C=O) groups is 1. The summed E-state index contributed by atoms with van der Waals surface area (Å²) >= 11 is 0. The molecule has 2 fully saturated rings. The predicted molar refractivity (Wildman–Crippen MR) is 97.1 cm³/mol. The number of nitrogens with one attached hydrogen (secondary N) is 1. The molecule has 1 aromatic carbocycles. The van der Waals surface area contributed by atoms with Crippen molar-refractivity contribution in [2.45, 2.75) is 44.6 Å². The third-order valence-electron chi connectivity index (χ3n) is 5.53. The van der Waals surface area contributed by atoms with Crippen molar-refractivity contribution in [2.24, 2.45) is 5.92 Å². The van der Waals surface area contributed by atoms with Gasteiger partial charge in [0.25, 0.3) is 0 Å². The second kappa shape index (κ2) is 7.40. The molecule has 4 rings (SSSR count). The van der Waals surface area contributed by atoms with Crippen molar-refractivity contribution in [3.8, 4) is 11.3 Å². The van der Waals surface area contributed by atoms with Gasteiger partial charge in [-0.25, -0.2) is 4.98 Å². The SMILES string of the molecule is O=C(Nc1cccc(-c2cnco2)c1)C1CCN(C2CCCCC2)C1. The summed E-state index contributed by atoms with van der Waals surface area (Å²) < 4.78 is 5.33. The van der Waals surface area contributed by atoms with Gasteiger partial charge in [-0.05, 0) is 37.9 Å². The van der Waals surface area contributed by atoms with Crippen LogP contribution in [-0.2, 0) is 4.79 Å². The second-order valence-electron chi connectivity index (χ2n) is 7.21. The zero-order valence-electron chi connectivity index (χ0n) is 14.5. The van der Waals surface area contributed by atoms with Crippen LogP contribution in [0.1, 0.15) is 38.5 Å². The first-order valence-electron chi connectivity index (χ1n) is 9.33. The Labute approximate surface area is 148 Å². The first-order valence-corrected chi connectivity index (χ1v) is 9.33. The maximum Gasteiger partial charge on any atom is 0.228 e. The van der Waals surface area contributed by atoms with E-state index < -0.39 is 0 Å². The van der Waals surface area contributed by atoms with Crippen molar-refractivity contribution in [3.05, 3.63) is 36.9 Å². The van der Waals surface area contributed by atoms with Crippen LogP contribution in [0.5, 0.6) is 0 Å². The minimum Gasteiger partial charge on any atom is -0.444 e. The molecule has 1 amide bonds. The highest BCUT2D eigenvalue weighted by molar-refractivity contribution is 5.93. The molecule has 2 aliphatic rings. The molecule has 25 heavy (non-hydrogen) atoms. The number of likely N-dealkylation sites (tertiary alicyclic amines) is 1. The van der Waals surface area contributed by atoms with Crippen LogP contribution >= 0.6 is 0 Å². The Balaban J connectivity index is 1.37. The Morgan fingerprint density at radius 3 is 2.88 bits per heavy atom. The van der Waals surface area contributed by atoms with Gasteiger partial charge in [-0.1, -0.05) is 31.4 Å². The van der Waals surface area contributed by atoms with E-state index in [-0.39, 0.29) is 11.8 Å². The number of benzene rings is 1. The number of aromatic nitrogens is 1. The van der Waals surface area contributed by atoms with E-state index in [9.17, 15) is 4.79 Å². The van der Waals surface area contributed by atoms with Crippen molar-refractivity contribution >= 4 is 11.6 Å². The lowest BCUT2D eigenvalue weighted by atomic mass is 9.94. The average Bonchev–Trinajstić information content (AvgIpc) is 3.35. The highest BCUT2D eigenvalue weighted by Crippen LogP contribution is 2.29. The van der Waals surface area contributed by atoms with Crippen molar-refractivity contribution < 1.29 is 9.21 Å². The fourth-order valence-electron chi connectivity index (χ4n) is 4.13. The van der Waals surface area contributed by atoms with E-state index in [1.54, 1.807) is 6.20 Å². The van der Waals surface area contributed by atoms with E-state index in [4.69, 9.17) is 4.42 Å². The maximum absolute atomic E-state index is 12.7. The molecular weight excluding hydrogens is 314 g/mol. The van der Waals surface area contributed by atoms with Crippen molar-refractivity contribution in [3.63, 3.8) is 0 Å². The van der Waals surface area contributed by atoms with Crippen LogP contribution in [0.15, 0.2) is 41.3 Å². The number of anilines is 1. The summed E-state index contributed by atoms with van der Waals surface area (Å²) in [6.07, 6.45) is 10.7. The highest BCUT2D eigenvalue weighted by Gasteiger charge is 2.32. The number of oxazole rings is 1. The second-order valence-corrected chi connectivity index (χ2v) is 7.21. The molecule has 1 atom stereocenters. The molecule has 1 saturated carbocycles. The normalized spacial score (nSPS) is 22.2. The molecule has 1 unspecified atom stereocenters. The lowest BCUT2D eigenvalue weighted by Crippen LogP contribution is -2.36. The summed E-state index contributed by atoms with van der Waals surface area (Å²) in [7, 11) is 0. The lowest BCUT2D eigenvalue weighted by Gasteiger charge is -2.30. The van der Waals surface area contributed by atoms with Gasteiger partial charge in [-0.15, -0.1) is 0 Å². The first kappa shape index (κ1) is 16.3. The van der Waals surface area contributed by atoms with Gasteiger partial charge in [-0.3, -0.25) is 9.69 Å². The Hall–Kier alpha value is -2.14. The van der Waals surface area contributed by atoms with Gasteiger partial charge >= 0.3 is 0 Å². The minimum absolute atomic E-state index is 0.0934. The maximum atomic E-state index is 12.7. The number of rotatable bonds is 4. The largest absolute Gasteiger partial charge is 0.444 e. The number of hydrogen-bond donors (Lipinski definition) is 1. The number of nitrogens with zero attached hydrogens (tertiary/aromatic N) is 2. The fraction of sp³-hybridized carbons (Fsp3) is 0.500. The number of amides is 1. The molecule has 1 aromatic heterocycles. The van der Waals surface area contributed by atoms with Crippen LogP contribution in [0, 0.1) is 5.92 Å². The summed E-state index contributed by atoms with van der Waals surface area (Å²) in [5, 5.41) is 3.08. The van der Waals surface area contributed by atoms with Crippen molar-refractivity contribution in [1.82, 2.24) is 9.88 Å². The molecule has 0 spiro atoms. The van der Waals surface area contributed by atoms with Gasteiger partial charge in [0.05, 0.1) is 12.1 Å². The van der Waals surface area contributed by atoms with Crippen LogP contribution in [0.2, 0.25) is 0 Å². The lowest BCUT2D eigenvalue weighted by molar-refractivity contribution is -0.119. The van der Waals surface area contributed by atoms with Crippen molar-refractivity contribution in [1.29, 1.82) is 0 Å². The summed E-state index contributed by atoms with van der Waals surface area (Å²) in [5.74, 6) is 0.935. The molecular formula is C20H25N3O2. The third kappa shape index (κ3) is 3.76. The van der Waals surface area contributed by atoms with E-state index in [1.165, 1.54) is 38.5 Å². The molecule has 5 nitrogen and oxygen atoms in total. The van der Waals surface area contributed by atoms with Gasteiger partial charge < -0.3 is 9.73 Å². The summed E-state index contributed by atoms with van der Waals surface area (Å²) in [6, 6.07) is 8.44. The summed E-state index contributed by atoms with van der Waals surface area (Å²) in [5.41, 5.74) is 1.74. The van der Waals surface area contributed by atoms with Gasteiger partial charge in [-0.2, -0.15) is 0 Å². The number of carbonyl (C=O) groups excluding carboxylic acids is 1. The molecule has 2 heterocycles. The standard InChI is InChI=1S/C20H25N3O2/c24-20(16-9-10-23(13-16)18-7-2-1-3-8-18)22-17-6-4-5-15(11-17)19-12-21-14-25-19/h4-6,11-12,14,16,18H,1-3,7-10,13H2,(H,22,24). The quantitative estimate of drug-likeness (QED) is 0.917. The Kier molecular flexibility index (Phi) is 4.83. The van der Waals surface area contributed by atoms with Crippen LogP contribution in [0.25, 0.3) is 11.3 Å². The molecule has 0 radical (unpaired) electrons. The Morgan fingerprint density at radius 2 is 2.08 bits per heavy atom. The molecule has 0 bridgehead atoms.